The van der Waals surface area contributed by atoms with Crippen molar-refractivity contribution in [3.63, 3.8) is 0 Å². The largest absolute Gasteiger partial charge is 0.472 e. The van der Waals surface area contributed by atoms with Crippen LogP contribution in [0.5, 0.6) is 0 Å². The second kappa shape index (κ2) is 68.1. The summed E-state index contributed by atoms with van der Waals surface area (Å²) in [6, 6.07) is -0.858. The van der Waals surface area contributed by atoms with Gasteiger partial charge in [-0.15, -0.1) is 0 Å². The number of quaternary nitrogens is 1. The molecule has 0 spiro atoms. The number of amides is 1. The van der Waals surface area contributed by atoms with E-state index in [0.29, 0.717) is 17.4 Å². The van der Waals surface area contributed by atoms with Crippen molar-refractivity contribution in [1.29, 1.82) is 0 Å². The fourth-order valence-electron chi connectivity index (χ4n) is 11.1. The summed E-state index contributed by atoms with van der Waals surface area (Å²) >= 11 is 0. The molecule has 0 saturated carbocycles. The second-order valence-corrected chi connectivity index (χ2v) is 28.3. The van der Waals surface area contributed by atoms with Crippen LogP contribution in [0.2, 0.25) is 0 Å². The number of nitrogens with zero attached hydrogens (tertiary/aromatic N) is 1. The maximum absolute atomic E-state index is 13.7. The molecular formula is C79H146N2O7P+. The van der Waals surface area contributed by atoms with Crippen LogP contribution < -0.4 is 5.32 Å². The van der Waals surface area contributed by atoms with Gasteiger partial charge >= 0.3 is 13.8 Å². The predicted molar refractivity (Wildman–Crippen MR) is 388 cm³/mol. The van der Waals surface area contributed by atoms with Crippen LogP contribution >= 0.6 is 7.82 Å². The number of nitrogens with one attached hydrogen (secondary N) is 1. The van der Waals surface area contributed by atoms with Gasteiger partial charge in [-0.2, -0.15) is 0 Å². The van der Waals surface area contributed by atoms with Crippen LogP contribution in [-0.4, -0.2) is 74.3 Å². The maximum Gasteiger partial charge on any atom is 0.472 e. The lowest BCUT2D eigenvalue weighted by molar-refractivity contribution is -0.870. The van der Waals surface area contributed by atoms with Crippen LogP contribution in [0.4, 0.5) is 0 Å². The van der Waals surface area contributed by atoms with E-state index >= 15 is 0 Å². The molecule has 3 unspecified atom stereocenters. The van der Waals surface area contributed by atoms with Crippen LogP contribution in [0.1, 0.15) is 355 Å². The van der Waals surface area contributed by atoms with Gasteiger partial charge < -0.3 is 19.4 Å². The highest BCUT2D eigenvalue weighted by Crippen LogP contribution is 2.43. The van der Waals surface area contributed by atoms with Gasteiger partial charge in [-0.05, 0) is 83.1 Å². The molecule has 0 saturated heterocycles. The number of ether oxygens (including phenoxy) is 1. The number of unbranched alkanes of at least 4 members (excludes halogenated alkanes) is 41. The van der Waals surface area contributed by atoms with E-state index < -0.39 is 20.0 Å². The lowest BCUT2D eigenvalue weighted by Gasteiger charge is -2.27. The van der Waals surface area contributed by atoms with Crippen molar-refractivity contribution >= 4 is 19.7 Å². The highest BCUT2D eigenvalue weighted by atomic mass is 31.2. The van der Waals surface area contributed by atoms with E-state index in [1.165, 1.54) is 199 Å². The molecule has 0 aliphatic rings. The average Bonchev–Trinajstić information content (AvgIpc) is 3.54. The number of hydrogen-bond acceptors (Lipinski definition) is 6. The molecule has 0 bridgehead atoms. The molecule has 2 N–H and O–H groups in total. The topological polar surface area (TPSA) is 111 Å². The normalized spacial score (nSPS) is 13.9. The molecule has 89 heavy (non-hydrogen) atoms. The lowest BCUT2D eigenvalue weighted by Crippen LogP contribution is -2.47. The molecule has 3 atom stereocenters. The van der Waals surface area contributed by atoms with E-state index in [0.717, 1.165) is 122 Å². The third kappa shape index (κ3) is 69.4. The molecular weight excluding hydrogens is 1120 g/mol. The molecule has 518 valence electrons. The number of allylic oxidation sites excluding steroid dienone is 13. The molecule has 0 aromatic heterocycles. The Morgan fingerprint density at radius 2 is 0.719 bits per heavy atom. The summed E-state index contributed by atoms with van der Waals surface area (Å²) in [5.41, 5.74) is 0. The molecule has 1 amide bonds. The standard InChI is InChI=1S/C79H145N2O7P/c1-7-10-13-16-19-22-25-28-30-32-34-36-38-40-42-44-46-48-50-53-56-59-62-65-68-71-78(82)80-76(75-87-89(84,85)86-74-73-81(4,5)6)77(70-67-64-61-58-55-52-27-24-21-18-15-12-9-3)88-79(83)72-69-66-63-60-57-54-51-49-47-45-43-41-39-37-35-33-31-29-26-23-20-17-14-11-8-2/h11,14,20,23,29,31,35,37,41,43,47,49,67,70,76-77H,7-10,12-13,15-19,21-22,24-28,30,32-34,36,38-40,42,44-46,48,50-66,68-69,71-75H2,1-6H3,(H-,80,82,84,85)/p+1/b14-11-,23-20-,31-29-,37-35-,43-41-,49-47-,70-67+. The van der Waals surface area contributed by atoms with Gasteiger partial charge in [-0.25, -0.2) is 4.57 Å². The molecule has 0 aromatic rings. The molecule has 0 rings (SSSR count). The summed E-state index contributed by atoms with van der Waals surface area (Å²) in [5, 5.41) is 3.08. The number of likely N-dealkylation sites (N-methyl/N-ethyl adjacent to an activating group) is 1. The van der Waals surface area contributed by atoms with E-state index in [2.05, 4.69) is 99.0 Å². The van der Waals surface area contributed by atoms with Crippen molar-refractivity contribution in [2.75, 3.05) is 40.9 Å². The number of rotatable bonds is 69. The first-order valence-corrected chi connectivity index (χ1v) is 39.4. The SMILES string of the molecule is CC/C=C\C/C=C\C/C=C\C/C=C\C/C=C\C/C=C\CCCCCCCCC(=O)OC(/C=C/CCCCCCCCCCCCC)C(COP(=O)(O)OCC[N+](C)(C)C)NC(=O)CCCCCCCCCCCCCCCCCCCCCCCCCCC. The lowest BCUT2D eigenvalue weighted by atomic mass is 10.0. The maximum atomic E-state index is 13.7. The molecule has 0 aliphatic heterocycles. The first-order chi connectivity index (χ1) is 43.4. The molecule has 0 aliphatic carbocycles. The Labute approximate surface area is 552 Å². The van der Waals surface area contributed by atoms with E-state index in [1.54, 1.807) is 0 Å². The summed E-state index contributed by atoms with van der Waals surface area (Å²) < 4.78 is 30.9. The van der Waals surface area contributed by atoms with Crippen LogP contribution in [0.25, 0.3) is 0 Å². The number of carbonyl (C=O) groups is 2. The zero-order valence-electron chi connectivity index (χ0n) is 59.4. The van der Waals surface area contributed by atoms with Crippen molar-refractivity contribution < 1.29 is 37.3 Å². The van der Waals surface area contributed by atoms with Crippen molar-refractivity contribution in [1.82, 2.24) is 5.32 Å². The van der Waals surface area contributed by atoms with Crippen LogP contribution in [0.15, 0.2) is 85.1 Å². The van der Waals surface area contributed by atoms with E-state index in [4.69, 9.17) is 13.8 Å². The number of hydrogen-bond donors (Lipinski definition) is 2. The van der Waals surface area contributed by atoms with Crippen molar-refractivity contribution in [2.24, 2.45) is 0 Å². The van der Waals surface area contributed by atoms with Gasteiger partial charge in [-0.1, -0.05) is 344 Å². The first-order valence-electron chi connectivity index (χ1n) is 37.9. The minimum absolute atomic E-state index is 0.0364. The third-order valence-electron chi connectivity index (χ3n) is 16.8. The summed E-state index contributed by atoms with van der Waals surface area (Å²) in [5.74, 6) is -0.509. The van der Waals surface area contributed by atoms with E-state index in [-0.39, 0.29) is 31.5 Å². The number of phosphoric ester groups is 1. The molecule has 0 fully saturated rings. The van der Waals surface area contributed by atoms with Gasteiger partial charge in [0.05, 0.1) is 33.8 Å². The Hall–Kier alpha value is -2.81. The van der Waals surface area contributed by atoms with Crippen molar-refractivity contribution in [3.05, 3.63) is 85.1 Å². The van der Waals surface area contributed by atoms with E-state index in [1.807, 2.05) is 33.3 Å². The smallest absolute Gasteiger partial charge is 0.456 e. The molecule has 0 aromatic carbocycles. The van der Waals surface area contributed by atoms with Crippen LogP contribution in [-0.2, 0) is 27.9 Å². The summed E-state index contributed by atoms with van der Waals surface area (Å²) in [7, 11) is 1.49. The number of carbonyl (C=O) groups excluding carboxylic acids is 2. The number of phosphoric acid groups is 1. The van der Waals surface area contributed by atoms with Gasteiger partial charge in [0, 0.05) is 12.8 Å². The monoisotopic (exact) mass is 1270 g/mol. The Bertz CT molecular complexity index is 1800. The Kier molecular flexibility index (Phi) is 65.9. The van der Waals surface area contributed by atoms with Gasteiger partial charge in [0.15, 0.2) is 0 Å². The van der Waals surface area contributed by atoms with Crippen molar-refractivity contribution in [2.45, 2.75) is 367 Å². The zero-order valence-corrected chi connectivity index (χ0v) is 60.3. The minimum Gasteiger partial charge on any atom is -0.456 e. The fraction of sp³-hybridized carbons (Fsp3) is 0.797. The second-order valence-electron chi connectivity index (χ2n) is 26.8. The van der Waals surface area contributed by atoms with Gasteiger partial charge in [0.25, 0.3) is 0 Å². The van der Waals surface area contributed by atoms with Crippen molar-refractivity contribution in [3.8, 4) is 0 Å². The predicted octanol–water partition coefficient (Wildman–Crippen LogP) is 24.5. The Morgan fingerprint density at radius 1 is 0.404 bits per heavy atom. The molecule has 0 heterocycles. The quantitative estimate of drug-likeness (QED) is 0.0205. The van der Waals surface area contributed by atoms with Gasteiger partial charge in [0.2, 0.25) is 5.91 Å². The van der Waals surface area contributed by atoms with Crippen LogP contribution in [0, 0.1) is 0 Å². The Morgan fingerprint density at radius 3 is 1.08 bits per heavy atom. The summed E-state index contributed by atoms with van der Waals surface area (Å²) in [4.78, 5) is 38.0. The molecule has 9 nitrogen and oxygen atoms in total. The van der Waals surface area contributed by atoms with Gasteiger partial charge in [-0.3, -0.25) is 18.6 Å². The van der Waals surface area contributed by atoms with Gasteiger partial charge in [0.1, 0.15) is 19.3 Å². The summed E-state index contributed by atoms with van der Waals surface area (Å²) in [6.07, 6.45) is 91.8. The highest BCUT2D eigenvalue weighted by Gasteiger charge is 2.30. The van der Waals surface area contributed by atoms with E-state index in [9.17, 15) is 19.0 Å². The number of esters is 1. The van der Waals surface area contributed by atoms with Crippen LogP contribution in [0.3, 0.4) is 0 Å². The Balaban J connectivity index is 5.06. The zero-order chi connectivity index (χ0) is 64.9. The highest BCUT2D eigenvalue weighted by molar-refractivity contribution is 7.47. The summed E-state index contributed by atoms with van der Waals surface area (Å²) in [6.45, 7) is 6.94. The fourth-order valence-corrected chi connectivity index (χ4v) is 11.8. The first kappa shape index (κ1) is 86.2. The minimum atomic E-state index is -4.46. The molecule has 0 radical (unpaired) electrons. The molecule has 10 heteroatoms. The average molecular weight is 1270 g/mol. The third-order valence-corrected chi connectivity index (χ3v) is 17.8.